The van der Waals surface area contributed by atoms with Crippen molar-refractivity contribution < 1.29 is 29.4 Å². The maximum absolute atomic E-state index is 12.9. The molecular weight excluding hydrogens is 550 g/mol. The number of thioether (sulfide) groups is 2. The Kier molecular flexibility index (Phi) is 7.53. The molecule has 2 aliphatic rings. The molecule has 0 aliphatic carbocycles. The molecule has 3 N–H and O–H groups in total. The van der Waals surface area contributed by atoms with E-state index in [0.29, 0.717) is 22.2 Å². The van der Waals surface area contributed by atoms with Crippen molar-refractivity contribution in [2.45, 2.75) is 29.4 Å². The Morgan fingerprint density at radius 2 is 1.87 bits per heavy atom. The van der Waals surface area contributed by atoms with Crippen LogP contribution in [0.4, 0.5) is 0 Å². The SMILES string of the molecule is O=C(O)Cc1nnc(SCC2=C(C(=O)O)N3C(=O)C(NC(=O)Cc4cccs4)[C@H]3SC2)n1-c1ccccc1. The molecule has 4 heterocycles. The third-order valence-electron chi connectivity index (χ3n) is 5.88. The van der Waals surface area contributed by atoms with Crippen LogP contribution in [0.1, 0.15) is 10.7 Å². The fourth-order valence-electron chi connectivity index (χ4n) is 4.22. The number of aromatic nitrogens is 3. The number of benzene rings is 1. The molecule has 2 aliphatic heterocycles. The first-order chi connectivity index (χ1) is 18.3. The Hall–Kier alpha value is -3.62. The number of hydrogen-bond acceptors (Lipinski definition) is 9. The molecule has 38 heavy (non-hydrogen) atoms. The monoisotopic (exact) mass is 571 g/mol. The molecule has 196 valence electrons. The molecule has 0 spiro atoms. The second-order valence-corrected chi connectivity index (χ2v) is 11.5. The van der Waals surface area contributed by atoms with Crippen molar-refractivity contribution in [2.75, 3.05) is 11.5 Å². The highest BCUT2D eigenvalue weighted by molar-refractivity contribution is 8.01. The number of aliphatic carboxylic acids is 2. The molecule has 2 amide bonds. The maximum atomic E-state index is 12.9. The minimum atomic E-state index is -1.22. The number of amides is 2. The summed E-state index contributed by atoms with van der Waals surface area (Å²) in [6, 6.07) is 12.0. The van der Waals surface area contributed by atoms with E-state index in [2.05, 4.69) is 15.5 Å². The van der Waals surface area contributed by atoms with Gasteiger partial charge < -0.3 is 15.5 Å². The summed E-state index contributed by atoms with van der Waals surface area (Å²) in [7, 11) is 0. The van der Waals surface area contributed by atoms with Gasteiger partial charge in [0, 0.05) is 22.1 Å². The van der Waals surface area contributed by atoms with Crippen LogP contribution < -0.4 is 5.32 Å². The van der Waals surface area contributed by atoms with E-state index in [4.69, 9.17) is 0 Å². The van der Waals surface area contributed by atoms with Crippen molar-refractivity contribution in [3.63, 3.8) is 0 Å². The minimum absolute atomic E-state index is 0.0912. The predicted molar refractivity (Wildman–Crippen MR) is 141 cm³/mol. The number of para-hydroxylation sites is 1. The van der Waals surface area contributed by atoms with Gasteiger partial charge in [-0.3, -0.25) is 23.9 Å². The first-order valence-corrected chi connectivity index (χ1v) is 14.3. The highest BCUT2D eigenvalue weighted by atomic mass is 32.2. The number of hydrogen-bond donors (Lipinski definition) is 3. The molecule has 2 aromatic heterocycles. The van der Waals surface area contributed by atoms with E-state index in [0.717, 1.165) is 4.88 Å². The number of β-lactam (4-membered cyclic amide) rings is 1. The second kappa shape index (κ2) is 11.0. The number of nitrogens with zero attached hydrogens (tertiary/aromatic N) is 4. The molecule has 0 bridgehead atoms. The fraction of sp³-hybridized carbons (Fsp3) is 0.250. The summed E-state index contributed by atoms with van der Waals surface area (Å²) in [5, 5.41) is 31.9. The van der Waals surface area contributed by atoms with Crippen LogP contribution in [0.5, 0.6) is 0 Å². The summed E-state index contributed by atoms with van der Waals surface area (Å²) >= 11 is 4.06. The number of carboxylic acid groups (broad SMARTS) is 2. The van der Waals surface area contributed by atoms with Crippen LogP contribution in [0.15, 0.2) is 64.3 Å². The van der Waals surface area contributed by atoms with Gasteiger partial charge in [0.2, 0.25) is 5.91 Å². The number of nitrogens with one attached hydrogen (secondary N) is 1. The lowest BCUT2D eigenvalue weighted by molar-refractivity contribution is -0.150. The van der Waals surface area contributed by atoms with E-state index in [-0.39, 0.29) is 36.0 Å². The first kappa shape index (κ1) is 26.0. The van der Waals surface area contributed by atoms with E-state index in [1.54, 1.807) is 16.7 Å². The fourth-order valence-corrected chi connectivity index (χ4v) is 7.38. The molecule has 1 fully saturated rings. The van der Waals surface area contributed by atoms with Gasteiger partial charge in [0.05, 0.1) is 6.42 Å². The van der Waals surface area contributed by atoms with E-state index in [1.807, 2.05) is 35.7 Å². The lowest BCUT2D eigenvalue weighted by atomic mass is 10.0. The summed E-state index contributed by atoms with van der Waals surface area (Å²) in [5.41, 5.74) is 1.12. The van der Waals surface area contributed by atoms with E-state index < -0.39 is 29.3 Å². The molecule has 0 radical (unpaired) electrons. The van der Waals surface area contributed by atoms with Crippen molar-refractivity contribution in [2.24, 2.45) is 0 Å². The molecule has 1 saturated heterocycles. The van der Waals surface area contributed by atoms with Gasteiger partial charge in [-0.2, -0.15) is 0 Å². The van der Waals surface area contributed by atoms with Crippen molar-refractivity contribution in [1.82, 2.24) is 25.0 Å². The third-order valence-corrected chi connectivity index (χ3v) is 9.11. The second-order valence-electron chi connectivity index (χ2n) is 8.40. The Morgan fingerprint density at radius 1 is 1.08 bits per heavy atom. The van der Waals surface area contributed by atoms with Gasteiger partial charge in [-0.05, 0) is 29.2 Å². The summed E-state index contributed by atoms with van der Waals surface area (Å²) in [5.74, 6) is -2.22. The average Bonchev–Trinajstić information content (AvgIpc) is 3.55. The first-order valence-electron chi connectivity index (χ1n) is 11.4. The van der Waals surface area contributed by atoms with Crippen molar-refractivity contribution >= 4 is 58.6 Å². The van der Waals surface area contributed by atoms with Gasteiger partial charge in [0.1, 0.15) is 29.4 Å². The molecule has 1 unspecified atom stereocenters. The van der Waals surface area contributed by atoms with Crippen LogP contribution in [0.2, 0.25) is 0 Å². The van der Waals surface area contributed by atoms with E-state index in [9.17, 15) is 29.4 Å². The summed E-state index contributed by atoms with van der Waals surface area (Å²) in [6.45, 7) is 0. The summed E-state index contributed by atoms with van der Waals surface area (Å²) in [4.78, 5) is 51.0. The van der Waals surface area contributed by atoms with Gasteiger partial charge in [0.25, 0.3) is 5.91 Å². The number of carbonyl (C=O) groups excluding carboxylic acids is 2. The Balaban J connectivity index is 1.33. The van der Waals surface area contributed by atoms with Crippen LogP contribution in [-0.2, 0) is 32.0 Å². The van der Waals surface area contributed by atoms with Gasteiger partial charge in [-0.15, -0.1) is 33.3 Å². The summed E-state index contributed by atoms with van der Waals surface area (Å²) in [6.07, 6.45) is -0.167. The highest BCUT2D eigenvalue weighted by Crippen LogP contribution is 2.41. The van der Waals surface area contributed by atoms with E-state index in [1.165, 1.54) is 39.8 Å². The normalized spacial score (nSPS) is 18.6. The van der Waals surface area contributed by atoms with Crippen molar-refractivity contribution in [1.29, 1.82) is 0 Å². The zero-order valence-electron chi connectivity index (χ0n) is 19.6. The van der Waals surface area contributed by atoms with Gasteiger partial charge >= 0.3 is 11.9 Å². The van der Waals surface area contributed by atoms with Crippen molar-refractivity contribution in [3.8, 4) is 5.69 Å². The van der Waals surface area contributed by atoms with Crippen LogP contribution in [0.3, 0.4) is 0 Å². The van der Waals surface area contributed by atoms with Gasteiger partial charge in [0.15, 0.2) is 5.16 Å². The highest BCUT2D eigenvalue weighted by Gasteiger charge is 2.54. The molecule has 14 heteroatoms. The molecule has 1 aromatic carbocycles. The Morgan fingerprint density at radius 3 is 2.55 bits per heavy atom. The quantitative estimate of drug-likeness (QED) is 0.243. The Labute approximate surface area is 228 Å². The third kappa shape index (κ3) is 5.19. The molecular formula is C24H21N5O6S3. The van der Waals surface area contributed by atoms with Crippen LogP contribution in [0.25, 0.3) is 5.69 Å². The number of thiophene rings is 1. The number of carboxylic acids is 2. The topological polar surface area (TPSA) is 155 Å². The zero-order valence-corrected chi connectivity index (χ0v) is 22.1. The lowest BCUT2D eigenvalue weighted by Crippen LogP contribution is -2.70. The van der Waals surface area contributed by atoms with Gasteiger partial charge in [-0.25, -0.2) is 4.79 Å². The number of rotatable bonds is 10. The van der Waals surface area contributed by atoms with Crippen LogP contribution in [-0.4, -0.2) is 76.6 Å². The zero-order chi connectivity index (χ0) is 26.8. The maximum Gasteiger partial charge on any atom is 0.352 e. The smallest absolute Gasteiger partial charge is 0.352 e. The number of carbonyl (C=O) groups is 4. The molecule has 2 atom stereocenters. The molecule has 11 nitrogen and oxygen atoms in total. The van der Waals surface area contributed by atoms with Crippen molar-refractivity contribution in [3.05, 3.63) is 69.8 Å². The minimum Gasteiger partial charge on any atom is -0.481 e. The predicted octanol–water partition coefficient (Wildman–Crippen LogP) is 2.03. The molecule has 0 saturated carbocycles. The van der Waals surface area contributed by atoms with Crippen LogP contribution >= 0.6 is 34.9 Å². The standard InChI is InChI=1S/C24H21N5O6S3/c30-17(9-15-7-4-8-36-15)25-19-21(33)29-20(23(34)35)13(11-37-22(19)29)12-38-24-27-26-16(10-18(31)32)28(24)14-5-2-1-3-6-14/h1-8,19,22H,9-12H2,(H,25,30)(H,31,32)(H,34,35)/t19?,22-/m1/s1. The Bertz CT molecular complexity index is 1420. The van der Waals surface area contributed by atoms with Crippen LogP contribution in [0, 0.1) is 0 Å². The largest absolute Gasteiger partial charge is 0.481 e. The molecule has 3 aromatic rings. The van der Waals surface area contributed by atoms with E-state index >= 15 is 0 Å². The molecule has 5 rings (SSSR count). The average molecular weight is 572 g/mol. The lowest BCUT2D eigenvalue weighted by Gasteiger charge is -2.49. The summed E-state index contributed by atoms with van der Waals surface area (Å²) < 4.78 is 1.63. The van der Waals surface area contributed by atoms with Gasteiger partial charge in [-0.1, -0.05) is 36.0 Å². The number of fused-ring (bicyclic) bond motifs is 1.